The van der Waals surface area contributed by atoms with Crippen LogP contribution in [0.4, 0.5) is 0 Å². The highest BCUT2D eigenvalue weighted by Gasteiger charge is 2.48. The minimum absolute atomic E-state index is 0.410. The van der Waals surface area contributed by atoms with E-state index in [2.05, 4.69) is 105 Å². The summed E-state index contributed by atoms with van der Waals surface area (Å²) in [5, 5.41) is 0. The number of allylic oxidation sites excluding steroid dienone is 4. The molecule has 0 bridgehead atoms. The van der Waals surface area contributed by atoms with Gasteiger partial charge in [-0.3, -0.25) is 0 Å². The molecule has 0 fully saturated rings. The first kappa shape index (κ1) is 17.6. The highest BCUT2D eigenvalue weighted by molar-refractivity contribution is 7.84. The maximum Gasteiger partial charge on any atom is 0.0724 e. The minimum atomic E-state index is -0.410. The van der Waals surface area contributed by atoms with Crippen LogP contribution < -0.4 is 0 Å². The van der Waals surface area contributed by atoms with Gasteiger partial charge in [-0.05, 0) is 40.3 Å². The van der Waals surface area contributed by atoms with Crippen LogP contribution in [0, 0.1) is 0 Å². The lowest BCUT2D eigenvalue weighted by molar-refractivity contribution is 0.768. The van der Waals surface area contributed by atoms with E-state index in [1.165, 1.54) is 33.4 Å². The van der Waals surface area contributed by atoms with Crippen molar-refractivity contribution in [3.05, 3.63) is 136 Å². The number of rotatable bonds is 3. The monoisotopic (exact) mass is 366 g/mol. The average Bonchev–Trinajstić information content (AvgIpc) is 3.05. The lowest BCUT2D eigenvalue weighted by Gasteiger charge is -2.34. The summed E-state index contributed by atoms with van der Waals surface area (Å²) in [4.78, 5) is 0.909. The number of benzene rings is 3. The van der Waals surface area contributed by atoms with Gasteiger partial charge in [0.2, 0.25) is 0 Å². The van der Waals surface area contributed by atoms with Crippen LogP contribution >= 0.6 is 12.6 Å². The van der Waals surface area contributed by atoms with Crippen molar-refractivity contribution in [1.29, 1.82) is 0 Å². The molecule has 1 aliphatic carbocycles. The van der Waals surface area contributed by atoms with Crippen molar-refractivity contribution < 1.29 is 0 Å². The molecule has 0 radical (unpaired) electrons. The zero-order valence-electron chi connectivity index (χ0n) is 15.4. The molecule has 0 saturated carbocycles. The molecular weight excluding hydrogens is 344 g/mol. The van der Waals surface area contributed by atoms with Gasteiger partial charge in [-0.25, -0.2) is 0 Å². The van der Waals surface area contributed by atoms with Crippen LogP contribution in [0.1, 0.15) is 29.2 Å². The zero-order valence-corrected chi connectivity index (χ0v) is 16.3. The molecule has 0 saturated heterocycles. The maximum atomic E-state index is 4.88. The molecule has 27 heavy (non-hydrogen) atoms. The quantitative estimate of drug-likeness (QED) is 0.484. The molecule has 0 nitrogen and oxygen atoms in total. The SMILES string of the molecule is C=CC(S)=C1/C(=C\C)c2ccccc2C1(c1ccccc1)c1ccccc1. The number of hydrogen-bond donors (Lipinski definition) is 1. The third kappa shape index (κ3) is 2.54. The molecule has 1 heteroatoms. The number of thiol groups is 1. The molecule has 0 aromatic heterocycles. The van der Waals surface area contributed by atoms with Crippen LogP contribution in [0.15, 0.2) is 114 Å². The van der Waals surface area contributed by atoms with Crippen LogP contribution in [0.5, 0.6) is 0 Å². The summed E-state index contributed by atoms with van der Waals surface area (Å²) in [6.07, 6.45) is 4.05. The van der Waals surface area contributed by atoms with Crippen LogP contribution in [0.2, 0.25) is 0 Å². The predicted octanol–water partition coefficient (Wildman–Crippen LogP) is 6.81. The Balaban J connectivity index is 2.25. The summed E-state index contributed by atoms with van der Waals surface area (Å²) in [5.74, 6) is 0. The van der Waals surface area contributed by atoms with Gasteiger partial charge in [-0.1, -0.05) is 104 Å². The van der Waals surface area contributed by atoms with Gasteiger partial charge >= 0.3 is 0 Å². The molecule has 132 valence electrons. The van der Waals surface area contributed by atoms with Crippen LogP contribution in [-0.4, -0.2) is 0 Å². The van der Waals surface area contributed by atoms with Crippen LogP contribution in [-0.2, 0) is 5.41 Å². The van der Waals surface area contributed by atoms with E-state index in [0.717, 1.165) is 4.91 Å². The van der Waals surface area contributed by atoms with Crippen molar-refractivity contribution in [3.63, 3.8) is 0 Å². The lowest BCUT2D eigenvalue weighted by atomic mass is 9.67. The summed E-state index contributed by atoms with van der Waals surface area (Å²) in [5.41, 5.74) is 7.04. The van der Waals surface area contributed by atoms with Gasteiger partial charge in [-0.2, -0.15) is 0 Å². The van der Waals surface area contributed by atoms with E-state index in [4.69, 9.17) is 12.6 Å². The highest BCUT2D eigenvalue weighted by atomic mass is 32.1. The topological polar surface area (TPSA) is 0 Å². The van der Waals surface area contributed by atoms with Gasteiger partial charge < -0.3 is 0 Å². The minimum Gasteiger partial charge on any atom is -0.143 e. The summed E-state index contributed by atoms with van der Waals surface area (Å²) < 4.78 is 0. The second-order valence-corrected chi connectivity index (χ2v) is 7.18. The van der Waals surface area contributed by atoms with Gasteiger partial charge in [0.1, 0.15) is 0 Å². The van der Waals surface area contributed by atoms with E-state index in [1.807, 2.05) is 6.08 Å². The Hall–Kier alpha value is -2.77. The van der Waals surface area contributed by atoms with E-state index < -0.39 is 5.41 Å². The Bertz CT molecular complexity index is 1000. The second kappa shape index (κ2) is 7.09. The van der Waals surface area contributed by atoms with Gasteiger partial charge in [0.05, 0.1) is 5.41 Å². The number of hydrogen-bond acceptors (Lipinski definition) is 1. The zero-order chi connectivity index (χ0) is 18.9. The molecule has 3 aromatic rings. The van der Waals surface area contributed by atoms with E-state index >= 15 is 0 Å². The predicted molar refractivity (Wildman–Crippen MR) is 119 cm³/mol. The Kier molecular flexibility index (Phi) is 4.63. The van der Waals surface area contributed by atoms with Crippen molar-refractivity contribution in [1.82, 2.24) is 0 Å². The standard InChI is InChI=1S/C26H22S/c1-3-21-22-17-11-12-18-23(22)26(25(21)24(27)4-2,19-13-7-5-8-14-19)20-15-9-6-10-16-20/h3-18,27H,2H2,1H3/b21-3-,25-24?. The van der Waals surface area contributed by atoms with Crippen molar-refractivity contribution >= 4 is 18.2 Å². The fraction of sp³-hybridized carbons (Fsp3) is 0.0769. The largest absolute Gasteiger partial charge is 0.143 e. The summed E-state index contributed by atoms with van der Waals surface area (Å²) in [6.45, 7) is 6.13. The summed E-state index contributed by atoms with van der Waals surface area (Å²) in [6, 6.07) is 30.1. The molecule has 1 aliphatic rings. The van der Waals surface area contributed by atoms with Gasteiger partial charge in [-0.15, -0.1) is 12.6 Å². The normalized spacial score (nSPS) is 18.2. The molecule has 3 aromatic carbocycles. The smallest absolute Gasteiger partial charge is 0.0724 e. The Morgan fingerprint density at radius 1 is 0.815 bits per heavy atom. The Labute approximate surface area is 167 Å². The van der Waals surface area contributed by atoms with Crippen molar-refractivity contribution in [3.8, 4) is 0 Å². The van der Waals surface area contributed by atoms with Gasteiger partial charge in [0.25, 0.3) is 0 Å². The van der Waals surface area contributed by atoms with E-state index in [9.17, 15) is 0 Å². The van der Waals surface area contributed by atoms with Crippen molar-refractivity contribution in [2.45, 2.75) is 12.3 Å². The van der Waals surface area contributed by atoms with Gasteiger partial charge in [0.15, 0.2) is 0 Å². The van der Waals surface area contributed by atoms with Crippen molar-refractivity contribution in [2.24, 2.45) is 0 Å². The number of fused-ring (bicyclic) bond motifs is 1. The molecular formula is C26H22S. The maximum absolute atomic E-state index is 4.88. The Morgan fingerprint density at radius 3 is 1.85 bits per heavy atom. The van der Waals surface area contributed by atoms with E-state index in [1.54, 1.807) is 0 Å². The fourth-order valence-corrected chi connectivity index (χ4v) is 4.68. The van der Waals surface area contributed by atoms with E-state index in [-0.39, 0.29) is 0 Å². The van der Waals surface area contributed by atoms with Crippen molar-refractivity contribution in [2.75, 3.05) is 0 Å². The first-order valence-corrected chi connectivity index (χ1v) is 9.63. The van der Waals surface area contributed by atoms with Crippen LogP contribution in [0.25, 0.3) is 5.57 Å². The molecule has 0 unspecified atom stereocenters. The fourth-order valence-electron chi connectivity index (χ4n) is 4.39. The molecule has 0 spiro atoms. The molecule has 0 heterocycles. The highest BCUT2D eigenvalue weighted by Crippen LogP contribution is 2.58. The lowest BCUT2D eigenvalue weighted by Crippen LogP contribution is -2.29. The van der Waals surface area contributed by atoms with Crippen LogP contribution in [0.3, 0.4) is 0 Å². The second-order valence-electron chi connectivity index (χ2n) is 6.69. The molecule has 4 rings (SSSR count). The average molecular weight is 367 g/mol. The molecule has 0 atom stereocenters. The molecule has 0 aliphatic heterocycles. The first-order valence-electron chi connectivity index (χ1n) is 9.19. The molecule has 0 amide bonds. The third-order valence-electron chi connectivity index (χ3n) is 5.42. The third-order valence-corrected chi connectivity index (χ3v) is 5.82. The Morgan fingerprint density at radius 2 is 1.33 bits per heavy atom. The first-order chi connectivity index (χ1) is 13.2. The van der Waals surface area contributed by atoms with E-state index in [0.29, 0.717) is 0 Å². The summed E-state index contributed by atoms with van der Waals surface area (Å²) in [7, 11) is 0. The summed E-state index contributed by atoms with van der Waals surface area (Å²) >= 11 is 4.88. The molecule has 0 N–H and O–H groups in total. The van der Waals surface area contributed by atoms with Gasteiger partial charge in [0, 0.05) is 4.91 Å².